The Balaban J connectivity index is 2.08. The molecule has 0 bridgehead atoms. The van der Waals surface area contributed by atoms with Crippen molar-refractivity contribution in [1.82, 2.24) is 0 Å². The van der Waals surface area contributed by atoms with Crippen molar-refractivity contribution in [3.05, 3.63) is 71.1 Å². The number of benzene rings is 2. The lowest BCUT2D eigenvalue weighted by Crippen LogP contribution is -1.75. The quantitative estimate of drug-likeness (QED) is 0.673. The van der Waals surface area contributed by atoms with Gasteiger partial charge in [-0.05, 0) is 30.0 Å². The number of rotatable bonds is 3. The molecule has 0 N–H and O–H groups in total. The number of hydrogen-bond donors (Lipinski definition) is 0. The van der Waals surface area contributed by atoms with E-state index in [0.717, 1.165) is 10.6 Å². The highest BCUT2D eigenvalue weighted by atomic mass is 35.5. The summed E-state index contributed by atoms with van der Waals surface area (Å²) < 4.78 is 0. The van der Waals surface area contributed by atoms with Gasteiger partial charge in [-0.25, -0.2) is 0 Å². The molecule has 2 aromatic carbocycles. The zero-order valence-electron chi connectivity index (χ0n) is 9.56. The standard InChI is InChI=1S/C15H13ClS/c1-12-7-9-14(10-8-12)17-11-15(16)13-5-3-2-4-6-13/h2-11H,1H3/b15-11+. The predicted octanol–water partition coefficient (Wildman–Crippen LogP) is 5.32. The van der Waals surface area contributed by atoms with Crippen LogP contribution in [0.2, 0.25) is 0 Å². The third-order valence-corrected chi connectivity index (χ3v) is 3.72. The van der Waals surface area contributed by atoms with E-state index in [-0.39, 0.29) is 0 Å². The summed E-state index contributed by atoms with van der Waals surface area (Å²) in [6, 6.07) is 18.4. The van der Waals surface area contributed by atoms with Crippen molar-refractivity contribution in [2.75, 3.05) is 0 Å². The molecule has 2 rings (SSSR count). The molecule has 0 aliphatic rings. The fraction of sp³-hybridized carbons (Fsp3) is 0.0667. The molecule has 0 atom stereocenters. The van der Waals surface area contributed by atoms with Crippen molar-refractivity contribution < 1.29 is 0 Å². The van der Waals surface area contributed by atoms with Gasteiger partial charge in [-0.3, -0.25) is 0 Å². The van der Waals surface area contributed by atoms with Gasteiger partial charge in [0, 0.05) is 4.90 Å². The zero-order valence-corrected chi connectivity index (χ0v) is 11.1. The Hall–Kier alpha value is -1.18. The highest BCUT2D eigenvalue weighted by molar-refractivity contribution is 8.02. The van der Waals surface area contributed by atoms with E-state index in [9.17, 15) is 0 Å². The van der Waals surface area contributed by atoms with Gasteiger partial charge >= 0.3 is 0 Å². The molecule has 0 aliphatic heterocycles. The van der Waals surface area contributed by atoms with E-state index in [2.05, 4.69) is 31.2 Å². The summed E-state index contributed by atoms with van der Waals surface area (Å²) >= 11 is 7.87. The number of thioether (sulfide) groups is 1. The summed E-state index contributed by atoms with van der Waals surface area (Å²) in [4.78, 5) is 1.20. The summed E-state index contributed by atoms with van der Waals surface area (Å²) in [5.41, 5.74) is 2.32. The molecule has 0 amide bonds. The minimum Gasteiger partial charge on any atom is -0.0965 e. The van der Waals surface area contributed by atoms with Gasteiger partial charge in [0.1, 0.15) is 0 Å². The molecule has 2 heteroatoms. The largest absolute Gasteiger partial charge is 0.0965 e. The summed E-state index contributed by atoms with van der Waals surface area (Å²) in [6.07, 6.45) is 0. The fourth-order valence-electron chi connectivity index (χ4n) is 1.40. The van der Waals surface area contributed by atoms with Gasteiger partial charge in [0.2, 0.25) is 0 Å². The first kappa shape index (κ1) is 12.3. The zero-order chi connectivity index (χ0) is 12.1. The Labute approximate surface area is 111 Å². The Bertz CT molecular complexity index is 500. The Morgan fingerprint density at radius 3 is 2.29 bits per heavy atom. The molecule has 0 aliphatic carbocycles. The van der Waals surface area contributed by atoms with E-state index in [1.807, 2.05) is 35.7 Å². The van der Waals surface area contributed by atoms with Gasteiger partial charge in [-0.2, -0.15) is 0 Å². The van der Waals surface area contributed by atoms with Crippen LogP contribution in [0.3, 0.4) is 0 Å². The van der Waals surface area contributed by atoms with E-state index < -0.39 is 0 Å². The molecular formula is C15H13ClS. The van der Waals surface area contributed by atoms with E-state index in [4.69, 9.17) is 11.6 Å². The summed E-state index contributed by atoms with van der Waals surface area (Å²) in [6.45, 7) is 2.08. The van der Waals surface area contributed by atoms with Crippen LogP contribution >= 0.6 is 23.4 Å². The molecule has 17 heavy (non-hydrogen) atoms. The van der Waals surface area contributed by atoms with Crippen LogP contribution in [0.1, 0.15) is 11.1 Å². The second-order valence-electron chi connectivity index (χ2n) is 3.76. The molecule has 0 aromatic heterocycles. The van der Waals surface area contributed by atoms with Gasteiger partial charge in [-0.1, -0.05) is 71.4 Å². The molecule has 86 valence electrons. The molecule has 0 heterocycles. The van der Waals surface area contributed by atoms with Crippen molar-refractivity contribution in [3.8, 4) is 0 Å². The fourth-order valence-corrected chi connectivity index (χ4v) is 2.33. The van der Waals surface area contributed by atoms with Crippen LogP contribution in [0.15, 0.2) is 64.9 Å². The van der Waals surface area contributed by atoms with E-state index in [0.29, 0.717) is 0 Å². The van der Waals surface area contributed by atoms with Crippen LogP contribution in [0.25, 0.3) is 5.03 Å². The average Bonchev–Trinajstić information content (AvgIpc) is 2.39. The first-order valence-corrected chi connectivity index (χ1v) is 6.66. The van der Waals surface area contributed by atoms with Crippen LogP contribution in [-0.2, 0) is 0 Å². The molecule has 0 saturated heterocycles. The maximum absolute atomic E-state index is 6.23. The van der Waals surface area contributed by atoms with Gasteiger partial charge in [0.25, 0.3) is 0 Å². The number of hydrogen-bond acceptors (Lipinski definition) is 1. The lowest BCUT2D eigenvalue weighted by molar-refractivity contribution is 1.38. The van der Waals surface area contributed by atoms with Crippen LogP contribution < -0.4 is 0 Å². The minimum atomic E-state index is 0.774. The predicted molar refractivity (Wildman–Crippen MR) is 77.3 cm³/mol. The Kier molecular flexibility index (Phi) is 4.29. The molecular weight excluding hydrogens is 248 g/mol. The van der Waals surface area contributed by atoms with Crippen LogP contribution in [-0.4, -0.2) is 0 Å². The first-order chi connectivity index (χ1) is 8.25. The number of halogens is 1. The van der Waals surface area contributed by atoms with Crippen LogP contribution in [0.4, 0.5) is 0 Å². The highest BCUT2D eigenvalue weighted by Crippen LogP contribution is 2.27. The van der Waals surface area contributed by atoms with Gasteiger partial charge in [-0.15, -0.1) is 0 Å². The van der Waals surface area contributed by atoms with Crippen molar-refractivity contribution in [2.24, 2.45) is 0 Å². The van der Waals surface area contributed by atoms with Gasteiger partial charge in [0.05, 0.1) is 5.03 Å². The number of aryl methyl sites for hydroxylation is 1. The van der Waals surface area contributed by atoms with Crippen LogP contribution in [0.5, 0.6) is 0 Å². The molecule has 0 saturated carbocycles. The normalized spacial score (nSPS) is 11.5. The maximum Gasteiger partial charge on any atom is 0.0544 e. The topological polar surface area (TPSA) is 0 Å². The Morgan fingerprint density at radius 1 is 1.00 bits per heavy atom. The highest BCUT2D eigenvalue weighted by Gasteiger charge is 1.97. The van der Waals surface area contributed by atoms with E-state index >= 15 is 0 Å². The summed E-state index contributed by atoms with van der Waals surface area (Å²) in [7, 11) is 0. The Morgan fingerprint density at radius 2 is 1.65 bits per heavy atom. The first-order valence-electron chi connectivity index (χ1n) is 5.40. The van der Waals surface area contributed by atoms with Crippen molar-refractivity contribution >= 4 is 28.4 Å². The maximum atomic E-state index is 6.23. The van der Waals surface area contributed by atoms with Crippen LogP contribution in [0, 0.1) is 6.92 Å². The third-order valence-electron chi connectivity index (χ3n) is 2.37. The van der Waals surface area contributed by atoms with Crippen molar-refractivity contribution in [3.63, 3.8) is 0 Å². The summed E-state index contributed by atoms with van der Waals surface area (Å²) in [5.74, 6) is 0. The second kappa shape index (κ2) is 5.95. The lowest BCUT2D eigenvalue weighted by Gasteiger charge is -2.00. The van der Waals surface area contributed by atoms with Gasteiger partial charge in [0.15, 0.2) is 0 Å². The van der Waals surface area contributed by atoms with Gasteiger partial charge < -0.3 is 0 Å². The molecule has 0 radical (unpaired) electrons. The monoisotopic (exact) mass is 260 g/mol. The minimum absolute atomic E-state index is 0.774. The molecule has 0 spiro atoms. The lowest BCUT2D eigenvalue weighted by atomic mass is 10.2. The smallest absolute Gasteiger partial charge is 0.0544 e. The SMILES string of the molecule is Cc1ccc(S/C=C(/Cl)c2ccccc2)cc1. The van der Waals surface area contributed by atoms with Crippen molar-refractivity contribution in [2.45, 2.75) is 11.8 Å². The van der Waals surface area contributed by atoms with E-state index in [1.165, 1.54) is 10.5 Å². The molecule has 0 fully saturated rings. The molecule has 0 nitrogen and oxygen atoms in total. The van der Waals surface area contributed by atoms with Crippen molar-refractivity contribution in [1.29, 1.82) is 0 Å². The second-order valence-corrected chi connectivity index (χ2v) is 5.11. The van der Waals surface area contributed by atoms with E-state index in [1.54, 1.807) is 11.8 Å². The molecule has 0 unspecified atom stereocenters. The molecule has 2 aromatic rings. The third kappa shape index (κ3) is 3.65. The summed E-state index contributed by atoms with van der Waals surface area (Å²) in [5, 5.41) is 2.75. The average molecular weight is 261 g/mol.